The van der Waals surface area contributed by atoms with Gasteiger partial charge in [0.25, 0.3) is 0 Å². The predicted molar refractivity (Wildman–Crippen MR) is 89.7 cm³/mol. The molecule has 0 bridgehead atoms. The van der Waals surface area contributed by atoms with Gasteiger partial charge in [-0.25, -0.2) is 0 Å². The Morgan fingerprint density at radius 1 is 0.842 bits per heavy atom. The maximum atomic E-state index is 9.44. The lowest BCUT2D eigenvalue weighted by Crippen LogP contribution is -1.94. The number of ether oxygens (including phenoxy) is 1. The minimum Gasteiger partial charge on any atom is -0.456 e. The molecule has 0 fully saturated rings. The average Bonchev–Trinajstić information content (AvgIpc) is 2.32. The van der Waals surface area contributed by atoms with E-state index in [1.54, 1.807) is 0 Å². The van der Waals surface area contributed by atoms with E-state index in [9.17, 15) is 5.11 Å². The van der Waals surface area contributed by atoms with E-state index in [-0.39, 0.29) is 6.61 Å². The van der Waals surface area contributed by atoms with Crippen LogP contribution in [-0.4, -0.2) is 5.11 Å². The van der Waals surface area contributed by atoms with Crippen LogP contribution in [0.4, 0.5) is 0 Å². The first-order valence-electron chi connectivity index (χ1n) is 5.23. The third-order valence-corrected chi connectivity index (χ3v) is 4.67. The van der Waals surface area contributed by atoms with Gasteiger partial charge in [0.05, 0.1) is 11.1 Å². The summed E-state index contributed by atoms with van der Waals surface area (Å²) in [5, 5.41) is 9.44. The molecule has 0 atom stereocenters. The van der Waals surface area contributed by atoms with Crippen molar-refractivity contribution in [3.8, 4) is 11.5 Å². The molecule has 100 valence electrons. The molecule has 0 radical (unpaired) electrons. The van der Waals surface area contributed by atoms with Gasteiger partial charge in [-0.2, -0.15) is 0 Å². The van der Waals surface area contributed by atoms with Gasteiger partial charge >= 0.3 is 0 Å². The quantitative estimate of drug-likeness (QED) is 0.542. The van der Waals surface area contributed by atoms with Gasteiger partial charge in [0, 0.05) is 19.0 Å². The summed E-state index contributed by atoms with van der Waals surface area (Å²) in [7, 11) is 0. The van der Waals surface area contributed by atoms with E-state index >= 15 is 0 Å². The fraction of sp³-hybridized carbons (Fsp3) is 0.0769. The Kier molecular flexibility index (Phi) is 5.48. The zero-order valence-corrected chi connectivity index (χ0v) is 15.8. The Hall–Kier alpha value is 0.120. The maximum absolute atomic E-state index is 9.44. The molecule has 0 saturated carbocycles. The average molecular weight is 516 g/mol. The molecule has 0 aromatic heterocycles. The summed E-state index contributed by atoms with van der Waals surface area (Å²) in [5.41, 5.74) is 0.706. The fourth-order valence-electron chi connectivity index (χ4n) is 1.50. The lowest BCUT2D eigenvalue weighted by atomic mass is 10.2. The van der Waals surface area contributed by atoms with Crippen molar-refractivity contribution in [1.82, 2.24) is 0 Å². The van der Waals surface area contributed by atoms with Gasteiger partial charge in [-0.3, -0.25) is 0 Å². The van der Waals surface area contributed by atoms with Crippen molar-refractivity contribution in [1.29, 1.82) is 0 Å². The van der Waals surface area contributed by atoms with Crippen molar-refractivity contribution in [2.45, 2.75) is 6.61 Å². The molecule has 0 aliphatic heterocycles. The van der Waals surface area contributed by atoms with Gasteiger partial charge in [0.1, 0.15) is 11.5 Å². The van der Waals surface area contributed by atoms with E-state index in [0.717, 1.165) is 17.9 Å². The summed E-state index contributed by atoms with van der Waals surface area (Å²) in [5.74, 6) is 1.29. The normalized spacial score (nSPS) is 10.6. The van der Waals surface area contributed by atoms with Crippen LogP contribution >= 0.6 is 63.7 Å². The monoisotopic (exact) mass is 512 g/mol. The lowest BCUT2D eigenvalue weighted by molar-refractivity contribution is 0.275. The number of aliphatic hydroxyl groups excluding tert-OH is 1. The largest absolute Gasteiger partial charge is 0.456 e. The highest BCUT2D eigenvalue weighted by Crippen LogP contribution is 2.37. The van der Waals surface area contributed by atoms with E-state index < -0.39 is 0 Å². The minimum atomic E-state index is -0.0999. The third-order valence-electron chi connectivity index (χ3n) is 2.39. The van der Waals surface area contributed by atoms with Crippen LogP contribution in [0.3, 0.4) is 0 Å². The van der Waals surface area contributed by atoms with E-state index in [0.29, 0.717) is 17.1 Å². The number of rotatable bonds is 3. The molecule has 19 heavy (non-hydrogen) atoms. The Morgan fingerprint density at radius 3 is 2.16 bits per heavy atom. The second kappa shape index (κ2) is 6.72. The third kappa shape index (κ3) is 3.82. The van der Waals surface area contributed by atoms with Crippen LogP contribution in [0.5, 0.6) is 11.5 Å². The molecule has 2 aromatic carbocycles. The van der Waals surface area contributed by atoms with Crippen LogP contribution in [0.1, 0.15) is 5.56 Å². The second-order valence-corrected chi connectivity index (χ2v) is 7.24. The molecule has 0 unspecified atom stereocenters. The first kappa shape index (κ1) is 15.5. The molecular formula is C13H8Br4O2. The Labute approximate surface area is 144 Å². The van der Waals surface area contributed by atoms with E-state index in [4.69, 9.17) is 4.74 Å². The van der Waals surface area contributed by atoms with Gasteiger partial charge in [-0.05, 0) is 46.3 Å². The van der Waals surface area contributed by atoms with Crippen LogP contribution in [0.25, 0.3) is 0 Å². The summed E-state index contributed by atoms with van der Waals surface area (Å²) in [4.78, 5) is 0. The van der Waals surface area contributed by atoms with Crippen LogP contribution in [0, 0.1) is 0 Å². The van der Waals surface area contributed by atoms with Crippen molar-refractivity contribution in [2.75, 3.05) is 0 Å². The molecule has 0 aliphatic carbocycles. The summed E-state index contributed by atoms with van der Waals surface area (Å²) in [6.07, 6.45) is 0. The smallest absolute Gasteiger partial charge is 0.141 e. The SMILES string of the molecule is OCc1c(Br)cc(Br)cc1Oc1ccc(Br)cc1Br. The number of hydrogen-bond acceptors (Lipinski definition) is 2. The molecule has 2 nitrogen and oxygen atoms in total. The molecule has 2 rings (SSSR count). The lowest BCUT2D eigenvalue weighted by Gasteiger charge is -2.13. The summed E-state index contributed by atoms with van der Waals surface area (Å²) in [6.45, 7) is -0.0999. The molecule has 2 aromatic rings. The highest BCUT2D eigenvalue weighted by Gasteiger charge is 2.12. The molecule has 6 heteroatoms. The molecule has 0 aliphatic rings. The van der Waals surface area contributed by atoms with E-state index in [1.165, 1.54) is 0 Å². The predicted octanol–water partition coefficient (Wildman–Crippen LogP) is 6.02. The van der Waals surface area contributed by atoms with Crippen molar-refractivity contribution >= 4 is 63.7 Å². The second-order valence-electron chi connectivity index (χ2n) is 3.70. The summed E-state index contributed by atoms with van der Waals surface area (Å²) >= 11 is 13.7. The maximum Gasteiger partial charge on any atom is 0.141 e. The standard InChI is InChI=1S/C13H8Br4O2/c14-7-1-2-12(11(17)3-7)19-13-5-8(15)4-10(16)9(13)6-18/h1-5,18H,6H2. The number of hydrogen-bond donors (Lipinski definition) is 1. The Bertz CT molecular complexity index is 614. The first-order valence-corrected chi connectivity index (χ1v) is 8.40. The highest BCUT2D eigenvalue weighted by molar-refractivity contribution is 9.11. The van der Waals surface area contributed by atoms with E-state index in [1.807, 2.05) is 30.3 Å². The van der Waals surface area contributed by atoms with Crippen molar-refractivity contribution in [2.24, 2.45) is 0 Å². The number of benzene rings is 2. The van der Waals surface area contributed by atoms with Crippen LogP contribution in [-0.2, 0) is 6.61 Å². The molecule has 0 spiro atoms. The summed E-state index contributed by atoms with van der Waals surface area (Å²) in [6, 6.07) is 9.34. The molecule has 1 N–H and O–H groups in total. The summed E-state index contributed by atoms with van der Waals surface area (Å²) < 4.78 is 9.33. The van der Waals surface area contributed by atoms with Crippen LogP contribution in [0.2, 0.25) is 0 Å². The van der Waals surface area contributed by atoms with Crippen LogP contribution in [0.15, 0.2) is 48.2 Å². The molecule has 0 heterocycles. The van der Waals surface area contributed by atoms with Crippen molar-refractivity contribution < 1.29 is 9.84 Å². The molecule has 0 amide bonds. The molecule has 0 saturated heterocycles. The van der Waals surface area contributed by atoms with E-state index in [2.05, 4.69) is 63.7 Å². The van der Waals surface area contributed by atoms with Gasteiger partial charge in [0.2, 0.25) is 0 Å². The zero-order valence-electron chi connectivity index (χ0n) is 9.46. The zero-order chi connectivity index (χ0) is 14.0. The Morgan fingerprint density at radius 2 is 1.53 bits per heavy atom. The Balaban J connectivity index is 2.42. The highest BCUT2D eigenvalue weighted by atomic mass is 79.9. The first-order chi connectivity index (χ1) is 9.01. The van der Waals surface area contributed by atoms with Crippen molar-refractivity contribution in [3.63, 3.8) is 0 Å². The van der Waals surface area contributed by atoms with Gasteiger partial charge < -0.3 is 9.84 Å². The molecular weight excluding hydrogens is 508 g/mol. The number of halogens is 4. The minimum absolute atomic E-state index is 0.0999. The van der Waals surface area contributed by atoms with Gasteiger partial charge in [0.15, 0.2) is 0 Å². The topological polar surface area (TPSA) is 29.5 Å². The number of aliphatic hydroxyl groups is 1. The van der Waals surface area contributed by atoms with Crippen LogP contribution < -0.4 is 4.74 Å². The van der Waals surface area contributed by atoms with Gasteiger partial charge in [-0.15, -0.1) is 0 Å². The van der Waals surface area contributed by atoms with Crippen molar-refractivity contribution in [3.05, 3.63) is 53.8 Å². The van der Waals surface area contributed by atoms with Gasteiger partial charge in [-0.1, -0.05) is 47.8 Å². The fourth-order valence-corrected chi connectivity index (χ4v) is 3.94.